The molecule has 0 rings (SSSR count). The number of carbonyl (C=O) groups excluding carboxylic acids is 1. The molecule has 0 heterocycles. The fraction of sp³-hybridized carbons (Fsp3) is 0.947. The summed E-state index contributed by atoms with van der Waals surface area (Å²) < 4.78 is 0. The van der Waals surface area contributed by atoms with Gasteiger partial charge < -0.3 is 6.74 Å². The Kier molecular flexibility index (Phi) is 20.9. The van der Waals surface area contributed by atoms with Crippen LogP contribution in [0.2, 0.25) is 0 Å². The van der Waals surface area contributed by atoms with Crippen molar-refractivity contribution in [2.24, 2.45) is 0 Å². The molecule has 0 bridgehead atoms. The van der Waals surface area contributed by atoms with Gasteiger partial charge in [0.1, 0.15) is 0 Å². The van der Waals surface area contributed by atoms with Crippen LogP contribution in [-0.4, -0.2) is 31.1 Å². The Morgan fingerprint density at radius 1 is 0.870 bits per heavy atom. The van der Waals surface area contributed by atoms with Gasteiger partial charge in [-0.1, -0.05) is 78.1 Å². The first-order chi connectivity index (χ1) is 10.6. The molecule has 0 saturated carbocycles. The zero-order chi connectivity index (χ0) is 16.6. The standard InChI is InChI=1S/C19H40N2O.Na.H/c1-5-7-8-9-10-11-12-13-14-15-16-17-19(22)20-18(6-2)21(3)4;;/h18H,5-17H2,1-4H3,(H,20,22);;/q;+1;-1. The average molecular weight is 337 g/mol. The summed E-state index contributed by atoms with van der Waals surface area (Å²) in [6.45, 7) is 4.37. The second kappa shape index (κ2) is 18.8. The van der Waals surface area contributed by atoms with Gasteiger partial charge in [0, 0.05) is 6.42 Å². The molecule has 0 spiro atoms. The van der Waals surface area contributed by atoms with Gasteiger partial charge in [0.2, 0.25) is 5.91 Å². The number of carbonyl (C=O) groups is 1. The van der Waals surface area contributed by atoms with Crippen molar-refractivity contribution in [3.8, 4) is 0 Å². The Bertz CT molecular complexity index is 266. The third-order valence-electron chi connectivity index (χ3n) is 4.35. The molecule has 1 N–H and O–H groups in total. The van der Waals surface area contributed by atoms with Gasteiger partial charge in [-0.05, 0) is 26.9 Å². The molecule has 1 atom stereocenters. The fourth-order valence-electron chi connectivity index (χ4n) is 2.80. The van der Waals surface area contributed by atoms with Crippen molar-refractivity contribution in [2.45, 2.75) is 103 Å². The van der Waals surface area contributed by atoms with E-state index in [1.165, 1.54) is 64.2 Å². The van der Waals surface area contributed by atoms with E-state index in [4.69, 9.17) is 0 Å². The predicted molar refractivity (Wildman–Crippen MR) is 98.1 cm³/mol. The molecule has 4 heteroatoms. The zero-order valence-corrected chi connectivity index (χ0v) is 18.6. The van der Waals surface area contributed by atoms with Crippen molar-refractivity contribution >= 4 is 5.91 Å². The van der Waals surface area contributed by atoms with Crippen LogP contribution >= 0.6 is 0 Å². The molecule has 0 aliphatic heterocycles. The maximum Gasteiger partial charge on any atom is 1.00 e. The van der Waals surface area contributed by atoms with Crippen LogP contribution in [0, 0.1) is 0 Å². The maximum absolute atomic E-state index is 11.8. The van der Waals surface area contributed by atoms with Crippen molar-refractivity contribution in [1.29, 1.82) is 0 Å². The molecule has 134 valence electrons. The van der Waals surface area contributed by atoms with E-state index in [-0.39, 0.29) is 43.1 Å². The van der Waals surface area contributed by atoms with Crippen molar-refractivity contribution in [3.63, 3.8) is 0 Å². The quantitative estimate of drug-likeness (QED) is 0.282. The molecule has 0 aromatic carbocycles. The minimum absolute atomic E-state index is 0. The summed E-state index contributed by atoms with van der Waals surface area (Å²) in [5, 5.41) is 3.09. The van der Waals surface area contributed by atoms with E-state index in [2.05, 4.69) is 24.1 Å². The van der Waals surface area contributed by atoms with Crippen LogP contribution in [0.15, 0.2) is 0 Å². The smallest absolute Gasteiger partial charge is 1.00 e. The molecule has 0 aliphatic rings. The van der Waals surface area contributed by atoms with Crippen molar-refractivity contribution in [3.05, 3.63) is 0 Å². The molecule has 1 unspecified atom stereocenters. The fourth-order valence-corrected chi connectivity index (χ4v) is 2.80. The molecule has 0 fully saturated rings. The van der Waals surface area contributed by atoms with E-state index in [1.54, 1.807) is 0 Å². The Balaban J connectivity index is -0.00000220. The molecule has 1 amide bonds. The van der Waals surface area contributed by atoms with E-state index in [0.717, 1.165) is 12.8 Å². The van der Waals surface area contributed by atoms with Gasteiger partial charge in [-0.25, -0.2) is 0 Å². The van der Waals surface area contributed by atoms with Crippen LogP contribution in [0.4, 0.5) is 0 Å². The van der Waals surface area contributed by atoms with Gasteiger partial charge >= 0.3 is 29.6 Å². The second-order valence-electron chi connectivity index (χ2n) is 6.74. The third-order valence-corrected chi connectivity index (χ3v) is 4.35. The van der Waals surface area contributed by atoms with Crippen molar-refractivity contribution in [2.75, 3.05) is 14.1 Å². The molecular formula is C19H41N2NaO. The minimum atomic E-state index is 0. The number of unbranched alkanes of at least 4 members (excludes halogenated alkanes) is 10. The van der Waals surface area contributed by atoms with E-state index in [0.29, 0.717) is 6.42 Å². The van der Waals surface area contributed by atoms with Gasteiger partial charge in [-0.2, -0.15) is 0 Å². The van der Waals surface area contributed by atoms with Crippen LogP contribution in [-0.2, 0) is 4.79 Å². The largest absolute Gasteiger partial charge is 1.00 e. The van der Waals surface area contributed by atoms with Crippen LogP contribution in [0.3, 0.4) is 0 Å². The monoisotopic (exact) mass is 336 g/mol. The Hall–Kier alpha value is 0.430. The van der Waals surface area contributed by atoms with Gasteiger partial charge in [-0.15, -0.1) is 0 Å². The van der Waals surface area contributed by atoms with Crippen LogP contribution < -0.4 is 34.9 Å². The maximum atomic E-state index is 11.8. The first-order valence-electron chi connectivity index (χ1n) is 9.57. The van der Waals surface area contributed by atoms with E-state index in [9.17, 15) is 4.79 Å². The number of rotatable bonds is 15. The van der Waals surface area contributed by atoms with E-state index >= 15 is 0 Å². The Morgan fingerprint density at radius 2 is 1.30 bits per heavy atom. The van der Waals surface area contributed by atoms with Gasteiger partial charge in [0.15, 0.2) is 0 Å². The number of nitrogens with one attached hydrogen (secondary N) is 1. The normalized spacial score (nSPS) is 12.0. The molecule has 0 aromatic heterocycles. The summed E-state index contributed by atoms with van der Waals surface area (Å²) in [5.41, 5.74) is 0. The molecule has 0 aliphatic carbocycles. The van der Waals surface area contributed by atoms with E-state index in [1.807, 2.05) is 14.1 Å². The SMILES string of the molecule is CCCCCCCCCCCCCC(=O)NC(CC)N(C)C.[H-].[Na+]. The average Bonchev–Trinajstić information content (AvgIpc) is 2.50. The summed E-state index contributed by atoms with van der Waals surface area (Å²) in [7, 11) is 4.02. The summed E-state index contributed by atoms with van der Waals surface area (Å²) in [6, 6.07) is 0. The Morgan fingerprint density at radius 3 is 1.70 bits per heavy atom. The number of nitrogens with zero attached hydrogens (tertiary/aromatic N) is 1. The van der Waals surface area contributed by atoms with Crippen LogP contribution in [0.5, 0.6) is 0 Å². The molecule has 0 aromatic rings. The van der Waals surface area contributed by atoms with Crippen LogP contribution in [0.25, 0.3) is 0 Å². The predicted octanol–water partition coefficient (Wildman–Crippen LogP) is 2.22. The van der Waals surface area contributed by atoms with Gasteiger partial charge in [-0.3, -0.25) is 9.69 Å². The first kappa shape index (κ1) is 25.7. The minimum Gasteiger partial charge on any atom is -1.00 e. The van der Waals surface area contributed by atoms with E-state index < -0.39 is 0 Å². The summed E-state index contributed by atoms with van der Waals surface area (Å²) in [6.07, 6.45) is 16.4. The summed E-state index contributed by atoms with van der Waals surface area (Å²) >= 11 is 0. The second-order valence-corrected chi connectivity index (χ2v) is 6.74. The van der Waals surface area contributed by atoms with Gasteiger partial charge in [0.05, 0.1) is 6.17 Å². The molecule has 23 heavy (non-hydrogen) atoms. The zero-order valence-electron chi connectivity index (χ0n) is 17.6. The molecule has 3 nitrogen and oxygen atoms in total. The van der Waals surface area contributed by atoms with Gasteiger partial charge in [0.25, 0.3) is 0 Å². The third kappa shape index (κ3) is 17.1. The number of amides is 1. The first-order valence-corrected chi connectivity index (χ1v) is 9.57. The topological polar surface area (TPSA) is 32.3 Å². The van der Waals surface area contributed by atoms with Crippen LogP contribution in [0.1, 0.15) is 98.7 Å². The van der Waals surface area contributed by atoms with Crippen molar-refractivity contribution in [1.82, 2.24) is 10.2 Å². The number of hydrogen-bond acceptors (Lipinski definition) is 2. The number of hydrogen-bond donors (Lipinski definition) is 1. The Labute approximate surface area is 169 Å². The molecule has 0 saturated heterocycles. The summed E-state index contributed by atoms with van der Waals surface area (Å²) in [5.74, 6) is 0.205. The van der Waals surface area contributed by atoms with Crippen molar-refractivity contribution < 1.29 is 35.8 Å². The molecular weight excluding hydrogens is 295 g/mol. The summed E-state index contributed by atoms with van der Waals surface area (Å²) in [4.78, 5) is 13.9. The molecule has 0 radical (unpaired) electrons.